The number of hydrogen-bond donors (Lipinski definition) is 1. The SMILES string of the molecule is CCc1sc(C(C)Nc2ccc(S(C)(=O)=O)cc2)cc1C. The predicted molar refractivity (Wildman–Crippen MR) is 90.0 cm³/mol. The number of thiophene rings is 1. The molecule has 0 amide bonds. The number of sulfone groups is 1. The van der Waals surface area contributed by atoms with Crippen molar-refractivity contribution in [1.29, 1.82) is 0 Å². The average molecular weight is 323 g/mol. The Bertz CT molecular complexity index is 715. The summed E-state index contributed by atoms with van der Waals surface area (Å²) in [6.45, 7) is 6.44. The Balaban J connectivity index is 2.13. The molecule has 0 saturated heterocycles. The van der Waals surface area contributed by atoms with Gasteiger partial charge in [0.15, 0.2) is 9.84 Å². The normalized spacial score (nSPS) is 13.1. The molecule has 2 aromatic rings. The first kappa shape index (κ1) is 16.0. The topological polar surface area (TPSA) is 46.2 Å². The van der Waals surface area contributed by atoms with Gasteiger partial charge >= 0.3 is 0 Å². The highest BCUT2D eigenvalue weighted by Crippen LogP contribution is 2.29. The number of anilines is 1. The average Bonchev–Trinajstić information content (AvgIpc) is 2.79. The van der Waals surface area contributed by atoms with Crippen molar-refractivity contribution in [3.8, 4) is 0 Å². The van der Waals surface area contributed by atoms with Crippen LogP contribution in [0.3, 0.4) is 0 Å². The van der Waals surface area contributed by atoms with Gasteiger partial charge in [-0.1, -0.05) is 6.92 Å². The van der Waals surface area contributed by atoms with Gasteiger partial charge in [0.05, 0.1) is 10.9 Å². The van der Waals surface area contributed by atoms with Crippen LogP contribution in [0.15, 0.2) is 35.2 Å². The van der Waals surface area contributed by atoms with Crippen LogP contribution in [0.4, 0.5) is 5.69 Å². The third-order valence-electron chi connectivity index (χ3n) is 3.45. The van der Waals surface area contributed by atoms with E-state index in [1.165, 1.54) is 21.6 Å². The molecule has 0 aliphatic rings. The van der Waals surface area contributed by atoms with E-state index in [0.717, 1.165) is 12.1 Å². The Morgan fingerprint density at radius 3 is 2.33 bits per heavy atom. The molecule has 0 radical (unpaired) electrons. The first-order valence-corrected chi connectivity index (χ1v) is 9.68. The molecule has 21 heavy (non-hydrogen) atoms. The predicted octanol–water partition coefficient (Wildman–Crippen LogP) is 4.20. The highest BCUT2D eigenvalue weighted by molar-refractivity contribution is 7.90. The van der Waals surface area contributed by atoms with Gasteiger partial charge in [0.25, 0.3) is 0 Å². The Hall–Kier alpha value is -1.33. The first-order chi connectivity index (χ1) is 9.81. The van der Waals surface area contributed by atoms with Gasteiger partial charge in [-0.3, -0.25) is 0 Å². The van der Waals surface area contributed by atoms with Crippen LogP contribution in [-0.4, -0.2) is 14.7 Å². The molecule has 0 aliphatic heterocycles. The largest absolute Gasteiger partial charge is 0.378 e. The minimum absolute atomic E-state index is 0.207. The van der Waals surface area contributed by atoms with Crippen molar-refractivity contribution in [2.45, 2.75) is 38.1 Å². The van der Waals surface area contributed by atoms with Crippen molar-refractivity contribution in [3.05, 3.63) is 45.6 Å². The molecule has 5 heteroatoms. The summed E-state index contributed by atoms with van der Waals surface area (Å²) in [6, 6.07) is 9.34. The maximum absolute atomic E-state index is 11.4. The zero-order valence-corrected chi connectivity index (χ0v) is 14.4. The zero-order valence-electron chi connectivity index (χ0n) is 12.8. The lowest BCUT2D eigenvalue weighted by Crippen LogP contribution is -2.05. The highest BCUT2D eigenvalue weighted by atomic mass is 32.2. The lowest BCUT2D eigenvalue weighted by atomic mass is 10.2. The van der Waals surface area contributed by atoms with E-state index in [2.05, 4.69) is 32.2 Å². The fraction of sp³-hybridized carbons (Fsp3) is 0.375. The zero-order chi connectivity index (χ0) is 15.6. The van der Waals surface area contributed by atoms with Crippen LogP contribution in [0.1, 0.15) is 35.2 Å². The summed E-state index contributed by atoms with van der Waals surface area (Å²) in [5.41, 5.74) is 2.28. The summed E-state index contributed by atoms with van der Waals surface area (Å²) in [6.07, 6.45) is 2.28. The summed E-state index contributed by atoms with van der Waals surface area (Å²) >= 11 is 1.84. The standard InChI is InChI=1S/C16H21NO2S2/c1-5-15-11(2)10-16(20-15)12(3)17-13-6-8-14(9-7-13)21(4,18)19/h6-10,12,17H,5H2,1-4H3. The van der Waals surface area contributed by atoms with Crippen LogP contribution in [0.5, 0.6) is 0 Å². The second kappa shape index (κ2) is 6.20. The van der Waals surface area contributed by atoms with Gasteiger partial charge < -0.3 is 5.32 Å². The fourth-order valence-electron chi connectivity index (χ4n) is 2.23. The number of nitrogens with one attached hydrogen (secondary N) is 1. The van der Waals surface area contributed by atoms with Crippen molar-refractivity contribution >= 4 is 26.9 Å². The Morgan fingerprint density at radius 2 is 1.86 bits per heavy atom. The maximum atomic E-state index is 11.4. The Kier molecular flexibility index (Phi) is 4.74. The van der Waals surface area contributed by atoms with Gasteiger partial charge in [0, 0.05) is 21.7 Å². The number of rotatable bonds is 5. The Morgan fingerprint density at radius 1 is 1.24 bits per heavy atom. The second-order valence-corrected chi connectivity index (χ2v) is 8.46. The van der Waals surface area contributed by atoms with E-state index >= 15 is 0 Å². The molecule has 1 unspecified atom stereocenters. The van der Waals surface area contributed by atoms with Gasteiger partial charge in [0.2, 0.25) is 0 Å². The van der Waals surface area contributed by atoms with Crippen molar-refractivity contribution in [1.82, 2.24) is 0 Å². The van der Waals surface area contributed by atoms with Gasteiger partial charge in [-0.05, 0) is 56.2 Å². The molecule has 2 rings (SSSR count). The molecule has 114 valence electrons. The molecule has 3 nitrogen and oxygen atoms in total. The minimum atomic E-state index is -3.13. The van der Waals surface area contributed by atoms with Crippen molar-refractivity contribution in [2.24, 2.45) is 0 Å². The van der Waals surface area contributed by atoms with E-state index < -0.39 is 9.84 Å². The lowest BCUT2D eigenvalue weighted by molar-refractivity contribution is 0.602. The van der Waals surface area contributed by atoms with E-state index in [0.29, 0.717) is 4.90 Å². The van der Waals surface area contributed by atoms with Crippen LogP contribution in [0.25, 0.3) is 0 Å². The smallest absolute Gasteiger partial charge is 0.175 e. The molecule has 0 fully saturated rings. The summed E-state index contributed by atoms with van der Waals surface area (Å²) in [7, 11) is -3.13. The molecular formula is C16H21NO2S2. The van der Waals surface area contributed by atoms with Crippen LogP contribution in [-0.2, 0) is 16.3 Å². The van der Waals surface area contributed by atoms with Gasteiger partial charge in [-0.2, -0.15) is 0 Å². The molecule has 0 spiro atoms. The summed E-state index contributed by atoms with van der Waals surface area (Å²) in [5.74, 6) is 0. The molecule has 0 saturated carbocycles. The summed E-state index contributed by atoms with van der Waals surface area (Å²) in [5, 5.41) is 3.42. The molecule has 1 N–H and O–H groups in total. The third-order valence-corrected chi connectivity index (χ3v) is 6.15. The monoisotopic (exact) mass is 323 g/mol. The molecule has 1 aromatic heterocycles. The van der Waals surface area contributed by atoms with E-state index in [9.17, 15) is 8.42 Å². The maximum Gasteiger partial charge on any atom is 0.175 e. The van der Waals surface area contributed by atoms with E-state index in [4.69, 9.17) is 0 Å². The second-order valence-electron chi connectivity index (χ2n) is 5.27. The van der Waals surface area contributed by atoms with E-state index in [-0.39, 0.29) is 6.04 Å². The third kappa shape index (κ3) is 3.86. The Labute approximate surface area is 130 Å². The van der Waals surface area contributed by atoms with Crippen LogP contribution in [0.2, 0.25) is 0 Å². The van der Waals surface area contributed by atoms with Crippen LogP contribution < -0.4 is 5.32 Å². The van der Waals surface area contributed by atoms with Gasteiger partial charge in [0.1, 0.15) is 0 Å². The van der Waals surface area contributed by atoms with Gasteiger partial charge in [-0.15, -0.1) is 11.3 Å². The minimum Gasteiger partial charge on any atom is -0.378 e. The van der Waals surface area contributed by atoms with Crippen molar-refractivity contribution in [3.63, 3.8) is 0 Å². The number of benzene rings is 1. The summed E-state index contributed by atoms with van der Waals surface area (Å²) < 4.78 is 22.9. The quantitative estimate of drug-likeness (QED) is 0.897. The van der Waals surface area contributed by atoms with Crippen molar-refractivity contribution < 1.29 is 8.42 Å². The molecular weight excluding hydrogens is 302 g/mol. The van der Waals surface area contributed by atoms with Crippen molar-refractivity contribution in [2.75, 3.05) is 11.6 Å². The number of aryl methyl sites for hydroxylation is 2. The molecule has 1 heterocycles. The molecule has 1 atom stereocenters. The lowest BCUT2D eigenvalue weighted by Gasteiger charge is -2.14. The van der Waals surface area contributed by atoms with Crippen LogP contribution in [0, 0.1) is 6.92 Å². The fourth-order valence-corrected chi connectivity index (χ4v) is 3.98. The summed E-state index contributed by atoms with van der Waals surface area (Å²) in [4.78, 5) is 3.07. The molecule has 0 bridgehead atoms. The van der Waals surface area contributed by atoms with E-state index in [1.54, 1.807) is 12.1 Å². The molecule has 0 aliphatic carbocycles. The first-order valence-electron chi connectivity index (χ1n) is 6.97. The van der Waals surface area contributed by atoms with Crippen LogP contribution >= 0.6 is 11.3 Å². The highest BCUT2D eigenvalue weighted by Gasteiger charge is 2.12. The van der Waals surface area contributed by atoms with E-state index in [1.807, 2.05) is 23.5 Å². The molecule has 1 aromatic carbocycles. The number of hydrogen-bond acceptors (Lipinski definition) is 4. The van der Waals surface area contributed by atoms with Gasteiger partial charge in [-0.25, -0.2) is 8.42 Å².